The van der Waals surface area contributed by atoms with E-state index < -0.39 is 10.0 Å². The summed E-state index contributed by atoms with van der Waals surface area (Å²) in [7, 11) is -2.11. The zero-order chi connectivity index (χ0) is 13.2. The quantitative estimate of drug-likeness (QED) is 0.800. The Morgan fingerprint density at radius 2 is 1.88 bits per heavy atom. The summed E-state index contributed by atoms with van der Waals surface area (Å²) in [6.45, 7) is 1.72. The van der Waals surface area contributed by atoms with Crippen molar-refractivity contribution in [3.05, 3.63) is 28.2 Å². The van der Waals surface area contributed by atoms with Gasteiger partial charge in [0.15, 0.2) is 0 Å². The summed E-state index contributed by atoms with van der Waals surface area (Å²) < 4.78 is 25.5. The maximum Gasteiger partial charge on any atom is 0.243 e. The van der Waals surface area contributed by atoms with E-state index in [-0.39, 0.29) is 21.8 Å². The summed E-state index contributed by atoms with van der Waals surface area (Å²) in [4.78, 5) is 0.103. The zero-order valence-corrected chi connectivity index (χ0v) is 12.4. The minimum atomic E-state index is -3.58. The van der Waals surface area contributed by atoms with Gasteiger partial charge >= 0.3 is 0 Å². The van der Waals surface area contributed by atoms with Gasteiger partial charge in [0.05, 0.1) is 14.9 Å². The second-order valence-corrected chi connectivity index (χ2v) is 6.72. The Kier molecular flexibility index (Phi) is 5.10. The van der Waals surface area contributed by atoms with Gasteiger partial charge in [-0.2, -0.15) is 4.31 Å². The highest BCUT2D eigenvalue weighted by molar-refractivity contribution is 7.89. The van der Waals surface area contributed by atoms with E-state index >= 15 is 0 Å². The first-order valence-corrected chi connectivity index (χ1v) is 7.52. The van der Waals surface area contributed by atoms with Gasteiger partial charge in [-0.15, -0.1) is 11.6 Å². The number of halogens is 3. The molecule has 1 rings (SSSR count). The number of hydrogen-bond donors (Lipinski definition) is 0. The molecule has 96 valence electrons. The normalized spacial score (nSPS) is 14.0. The van der Waals surface area contributed by atoms with Gasteiger partial charge in [-0.05, 0) is 25.1 Å². The Labute approximate surface area is 116 Å². The largest absolute Gasteiger partial charge is 0.243 e. The van der Waals surface area contributed by atoms with Crippen LogP contribution in [-0.2, 0) is 10.0 Å². The summed E-state index contributed by atoms with van der Waals surface area (Å²) in [5.41, 5.74) is 0. The lowest BCUT2D eigenvalue weighted by atomic mass is 10.4. The van der Waals surface area contributed by atoms with Crippen molar-refractivity contribution in [2.24, 2.45) is 0 Å². The van der Waals surface area contributed by atoms with E-state index in [0.29, 0.717) is 5.02 Å². The Balaban J connectivity index is 3.17. The molecule has 17 heavy (non-hydrogen) atoms. The van der Waals surface area contributed by atoms with Crippen molar-refractivity contribution < 1.29 is 8.42 Å². The van der Waals surface area contributed by atoms with Crippen molar-refractivity contribution in [1.82, 2.24) is 4.31 Å². The van der Waals surface area contributed by atoms with Crippen LogP contribution in [0.25, 0.3) is 0 Å². The van der Waals surface area contributed by atoms with Crippen LogP contribution in [-0.4, -0.2) is 31.7 Å². The molecule has 0 aliphatic rings. The van der Waals surface area contributed by atoms with Crippen molar-refractivity contribution in [2.75, 3.05) is 12.9 Å². The van der Waals surface area contributed by atoms with Crippen LogP contribution in [0.5, 0.6) is 0 Å². The molecule has 0 bridgehead atoms. The fraction of sp³-hybridized carbons (Fsp3) is 0.400. The number of benzene rings is 1. The van der Waals surface area contributed by atoms with Crippen molar-refractivity contribution >= 4 is 44.8 Å². The lowest BCUT2D eigenvalue weighted by Crippen LogP contribution is -2.36. The second-order valence-electron chi connectivity index (χ2n) is 3.60. The van der Waals surface area contributed by atoms with E-state index in [1.807, 2.05) is 0 Å². The van der Waals surface area contributed by atoms with Gasteiger partial charge < -0.3 is 0 Å². The molecule has 1 unspecified atom stereocenters. The standard InChI is InChI=1S/C10H12Cl3NO2S/c1-7(6-11)14(2)17(15,16)8-3-4-9(12)10(13)5-8/h3-5,7H,6H2,1-2H3. The fourth-order valence-corrected chi connectivity index (χ4v) is 3.18. The van der Waals surface area contributed by atoms with Crippen LogP contribution in [0.1, 0.15) is 6.92 Å². The van der Waals surface area contributed by atoms with E-state index in [1.165, 1.54) is 29.6 Å². The molecule has 0 aliphatic carbocycles. The number of hydrogen-bond acceptors (Lipinski definition) is 2. The van der Waals surface area contributed by atoms with Crippen LogP contribution in [0, 0.1) is 0 Å². The lowest BCUT2D eigenvalue weighted by Gasteiger charge is -2.22. The van der Waals surface area contributed by atoms with Gasteiger partial charge in [-0.25, -0.2) is 8.42 Å². The highest BCUT2D eigenvalue weighted by Gasteiger charge is 2.25. The SMILES string of the molecule is CC(CCl)N(C)S(=O)(=O)c1ccc(Cl)c(Cl)c1. The van der Waals surface area contributed by atoms with Crippen LogP contribution in [0.15, 0.2) is 23.1 Å². The minimum absolute atomic E-state index is 0.103. The predicted molar refractivity (Wildman–Crippen MR) is 71.6 cm³/mol. The zero-order valence-electron chi connectivity index (χ0n) is 9.32. The van der Waals surface area contributed by atoms with Crippen molar-refractivity contribution in [2.45, 2.75) is 17.9 Å². The van der Waals surface area contributed by atoms with E-state index in [4.69, 9.17) is 34.8 Å². The number of sulfonamides is 1. The summed E-state index contributed by atoms with van der Waals surface area (Å²) in [5.74, 6) is 0.219. The monoisotopic (exact) mass is 315 g/mol. The smallest absolute Gasteiger partial charge is 0.207 e. The molecule has 0 radical (unpaired) electrons. The average Bonchev–Trinajstić information content (AvgIpc) is 2.30. The molecule has 0 saturated heterocycles. The Bertz CT molecular complexity index is 504. The van der Waals surface area contributed by atoms with Gasteiger partial charge in [0.2, 0.25) is 10.0 Å². The molecule has 0 N–H and O–H groups in total. The number of alkyl halides is 1. The third kappa shape index (κ3) is 3.26. The molecular formula is C10H12Cl3NO2S. The van der Waals surface area contributed by atoms with E-state index in [2.05, 4.69) is 0 Å². The molecular weight excluding hydrogens is 305 g/mol. The van der Waals surface area contributed by atoms with Crippen molar-refractivity contribution in [1.29, 1.82) is 0 Å². The van der Waals surface area contributed by atoms with Crippen LogP contribution in [0.4, 0.5) is 0 Å². The van der Waals surface area contributed by atoms with E-state index in [9.17, 15) is 8.42 Å². The molecule has 0 spiro atoms. The highest BCUT2D eigenvalue weighted by atomic mass is 35.5. The first kappa shape index (κ1) is 15.1. The van der Waals surface area contributed by atoms with E-state index in [0.717, 1.165) is 0 Å². The Morgan fingerprint density at radius 1 is 1.29 bits per heavy atom. The molecule has 0 fully saturated rings. The van der Waals surface area contributed by atoms with Crippen LogP contribution < -0.4 is 0 Å². The lowest BCUT2D eigenvalue weighted by molar-refractivity contribution is 0.413. The van der Waals surface area contributed by atoms with Gasteiger partial charge in [0.25, 0.3) is 0 Å². The first-order valence-electron chi connectivity index (χ1n) is 4.79. The molecule has 1 aromatic carbocycles. The van der Waals surface area contributed by atoms with Crippen molar-refractivity contribution in [3.8, 4) is 0 Å². The Morgan fingerprint density at radius 3 is 2.35 bits per heavy atom. The number of rotatable bonds is 4. The predicted octanol–water partition coefficient (Wildman–Crippen LogP) is 3.24. The van der Waals surface area contributed by atoms with Gasteiger partial charge in [-0.1, -0.05) is 23.2 Å². The summed E-state index contributed by atoms with van der Waals surface area (Å²) in [6.07, 6.45) is 0. The van der Waals surface area contributed by atoms with Crippen LogP contribution in [0.2, 0.25) is 10.0 Å². The Hall–Kier alpha value is -0.000000000000000111. The molecule has 0 heterocycles. The molecule has 7 heteroatoms. The first-order chi connectivity index (χ1) is 7.80. The molecule has 0 saturated carbocycles. The molecule has 1 atom stereocenters. The molecule has 0 amide bonds. The molecule has 1 aromatic rings. The summed E-state index contributed by atoms with van der Waals surface area (Å²) in [6, 6.07) is 3.91. The van der Waals surface area contributed by atoms with Crippen molar-refractivity contribution in [3.63, 3.8) is 0 Å². The fourth-order valence-electron chi connectivity index (χ4n) is 1.14. The summed E-state index contributed by atoms with van der Waals surface area (Å²) >= 11 is 17.2. The second kappa shape index (κ2) is 5.76. The van der Waals surface area contributed by atoms with Crippen LogP contribution in [0.3, 0.4) is 0 Å². The highest BCUT2D eigenvalue weighted by Crippen LogP contribution is 2.26. The maximum atomic E-state index is 12.2. The molecule has 3 nitrogen and oxygen atoms in total. The third-order valence-electron chi connectivity index (χ3n) is 2.41. The van der Waals surface area contributed by atoms with E-state index in [1.54, 1.807) is 6.92 Å². The maximum absolute atomic E-state index is 12.2. The van der Waals surface area contributed by atoms with Gasteiger partial charge in [0, 0.05) is 19.0 Å². The van der Waals surface area contributed by atoms with Gasteiger partial charge in [-0.3, -0.25) is 0 Å². The summed E-state index contributed by atoms with van der Waals surface area (Å²) in [5, 5.41) is 0.526. The van der Waals surface area contributed by atoms with Crippen LogP contribution >= 0.6 is 34.8 Å². The third-order valence-corrected chi connectivity index (χ3v) is 5.57. The minimum Gasteiger partial charge on any atom is -0.207 e. The molecule has 0 aromatic heterocycles. The van der Waals surface area contributed by atoms with Gasteiger partial charge in [0.1, 0.15) is 0 Å². The molecule has 0 aliphatic heterocycles. The number of nitrogens with zero attached hydrogens (tertiary/aromatic N) is 1. The topological polar surface area (TPSA) is 37.4 Å². The average molecular weight is 317 g/mol.